The molecular formula is C50H81F3N2O16S. The summed E-state index contributed by atoms with van der Waals surface area (Å²) >= 11 is 0. The average Bonchev–Trinajstić information content (AvgIpc) is 3.34. The number of hydrogen-bond donors (Lipinski definition) is 6. The van der Waals surface area contributed by atoms with Crippen LogP contribution in [0.25, 0.3) is 0 Å². The van der Waals surface area contributed by atoms with Crippen LogP contribution in [-0.2, 0) is 52.6 Å². The first-order valence-corrected chi connectivity index (χ1v) is 26.3. The van der Waals surface area contributed by atoms with Crippen molar-refractivity contribution in [2.24, 2.45) is 29.6 Å². The quantitative estimate of drug-likeness (QED) is 0.129. The lowest BCUT2D eigenvalue weighted by Crippen LogP contribution is -2.62. The number of nitrogens with one attached hydrogen (secondary N) is 1. The lowest BCUT2D eigenvalue weighted by molar-refractivity contribution is -0.305. The van der Waals surface area contributed by atoms with E-state index < -0.39 is 165 Å². The lowest BCUT2D eigenvalue weighted by Gasteiger charge is -2.52. The molecule has 20 atom stereocenters. The Labute approximate surface area is 422 Å². The van der Waals surface area contributed by atoms with Crippen LogP contribution < -0.4 is 5.32 Å². The largest absolute Gasteiger partial charge is 0.459 e. The molecule has 0 radical (unpaired) electrons. The SMILES string of the molecule is CC[C@H]1OC(=O)[C@H](C)[C@@H](C2C[C@@](C)(OC)[C@@H](O)[C@H](C)O2)[C@H](C)[C@@H](O[C@@H]2O[C@H](C)C[C@H](N(C)CCC(=O)N[C@H](CF)[C@H](O)c3ccc(S(=O)(=O)C(F)F)cc3)[C@H]2O)[C@](C)(OC)C[C@@H](C)C(=O)[C@H](C)[C@@H](O)[C@]1(C)O. The number of esters is 1. The van der Waals surface area contributed by atoms with Crippen molar-refractivity contribution in [2.45, 2.75) is 202 Å². The summed E-state index contributed by atoms with van der Waals surface area (Å²) in [5.41, 5.74) is -4.61. The Morgan fingerprint density at radius 3 is 2.07 bits per heavy atom. The molecule has 72 heavy (non-hydrogen) atoms. The van der Waals surface area contributed by atoms with E-state index in [9.17, 15) is 61.5 Å². The molecule has 1 aromatic carbocycles. The smallest absolute Gasteiger partial charge is 0.341 e. The van der Waals surface area contributed by atoms with Gasteiger partial charge in [-0.15, -0.1) is 0 Å². The molecule has 18 nitrogen and oxygen atoms in total. The number of methoxy groups -OCH3 is 2. The fraction of sp³-hybridized carbons (Fsp3) is 0.820. The summed E-state index contributed by atoms with van der Waals surface area (Å²) < 4.78 is 102. The van der Waals surface area contributed by atoms with Crippen molar-refractivity contribution in [3.05, 3.63) is 29.8 Å². The van der Waals surface area contributed by atoms with Crippen molar-refractivity contribution in [3.8, 4) is 0 Å². The molecule has 3 fully saturated rings. The first-order valence-electron chi connectivity index (χ1n) is 24.8. The molecule has 0 aromatic heterocycles. The van der Waals surface area contributed by atoms with Gasteiger partial charge in [0.05, 0.1) is 58.6 Å². The van der Waals surface area contributed by atoms with Gasteiger partial charge in [-0.25, -0.2) is 12.8 Å². The summed E-state index contributed by atoms with van der Waals surface area (Å²) in [5.74, 6) is -10.0. The van der Waals surface area contributed by atoms with Crippen LogP contribution in [0.2, 0.25) is 0 Å². The van der Waals surface area contributed by atoms with Gasteiger partial charge >= 0.3 is 11.7 Å². The minimum atomic E-state index is -4.91. The third-order valence-electron chi connectivity index (χ3n) is 15.9. The molecule has 1 amide bonds. The number of Topliss-reactive ketones (excluding diaryl/α,β-unsaturated/α-hetero) is 1. The van der Waals surface area contributed by atoms with Crippen LogP contribution in [0.5, 0.6) is 0 Å². The molecule has 3 aliphatic heterocycles. The highest BCUT2D eigenvalue weighted by Gasteiger charge is 2.56. The molecule has 0 aliphatic carbocycles. The first-order chi connectivity index (χ1) is 33.4. The summed E-state index contributed by atoms with van der Waals surface area (Å²) in [6.45, 7) is 15.4. The van der Waals surface area contributed by atoms with Crippen molar-refractivity contribution in [3.63, 3.8) is 0 Å². The zero-order valence-electron chi connectivity index (χ0n) is 43.9. The minimum Gasteiger partial charge on any atom is -0.459 e. The normalized spacial score (nSPS) is 39.8. The first kappa shape index (κ1) is 61.7. The number of sulfone groups is 1. The van der Waals surface area contributed by atoms with Gasteiger partial charge in [-0.1, -0.05) is 46.8 Å². The van der Waals surface area contributed by atoms with Crippen molar-refractivity contribution in [1.29, 1.82) is 0 Å². The molecule has 414 valence electrons. The Hall–Kier alpha value is -2.87. The number of nitrogens with zero attached hydrogens (tertiary/aromatic N) is 1. The van der Waals surface area contributed by atoms with Crippen LogP contribution in [0.15, 0.2) is 29.2 Å². The second-order valence-corrected chi connectivity index (χ2v) is 23.0. The van der Waals surface area contributed by atoms with E-state index in [1.165, 1.54) is 28.1 Å². The average molecular weight is 1060 g/mol. The van der Waals surface area contributed by atoms with Gasteiger partial charge in [-0.3, -0.25) is 14.4 Å². The number of hydrogen-bond acceptors (Lipinski definition) is 17. The van der Waals surface area contributed by atoms with Crippen LogP contribution in [0.3, 0.4) is 0 Å². The number of cyclic esters (lactones) is 1. The fourth-order valence-corrected chi connectivity index (χ4v) is 11.9. The molecule has 22 heteroatoms. The summed E-state index contributed by atoms with van der Waals surface area (Å²) in [4.78, 5) is 43.1. The van der Waals surface area contributed by atoms with E-state index in [1.807, 2.05) is 6.92 Å². The number of carbonyl (C=O) groups is 3. The molecule has 0 spiro atoms. The van der Waals surface area contributed by atoms with Gasteiger partial charge in [0.25, 0.3) is 0 Å². The third kappa shape index (κ3) is 13.4. The van der Waals surface area contributed by atoms with Crippen LogP contribution in [0.4, 0.5) is 13.2 Å². The third-order valence-corrected chi connectivity index (χ3v) is 17.3. The molecule has 4 rings (SSSR count). The van der Waals surface area contributed by atoms with Crippen molar-refractivity contribution >= 4 is 27.5 Å². The summed E-state index contributed by atoms with van der Waals surface area (Å²) in [6.07, 6.45) is -11.4. The number of alkyl halides is 3. The Morgan fingerprint density at radius 2 is 1.53 bits per heavy atom. The number of aliphatic hydroxyl groups is 5. The minimum absolute atomic E-state index is 0.00691. The Morgan fingerprint density at radius 1 is 0.931 bits per heavy atom. The maximum absolute atomic E-state index is 14.5. The van der Waals surface area contributed by atoms with Gasteiger partial charge in [0, 0.05) is 57.4 Å². The van der Waals surface area contributed by atoms with Gasteiger partial charge in [-0.05, 0) is 84.5 Å². The summed E-state index contributed by atoms with van der Waals surface area (Å²) in [7, 11) is -0.346. The van der Waals surface area contributed by atoms with E-state index in [0.29, 0.717) is 0 Å². The molecule has 1 unspecified atom stereocenters. The Kier molecular flexibility index (Phi) is 21.3. The molecule has 6 N–H and O–H groups in total. The van der Waals surface area contributed by atoms with Gasteiger partial charge in [0.2, 0.25) is 15.7 Å². The number of carbonyl (C=O) groups excluding carboxylic acids is 3. The summed E-state index contributed by atoms with van der Waals surface area (Å²) in [5, 5.41) is 60.2. The van der Waals surface area contributed by atoms with E-state index in [1.54, 1.807) is 60.4 Å². The monoisotopic (exact) mass is 1050 g/mol. The highest BCUT2D eigenvalue weighted by Crippen LogP contribution is 2.46. The molecule has 0 bridgehead atoms. The van der Waals surface area contributed by atoms with Crippen LogP contribution in [0.1, 0.15) is 113 Å². The van der Waals surface area contributed by atoms with Crippen LogP contribution in [-0.4, -0.2) is 181 Å². The van der Waals surface area contributed by atoms with Crippen molar-refractivity contribution in [1.82, 2.24) is 10.2 Å². The Balaban J connectivity index is 1.68. The van der Waals surface area contributed by atoms with Crippen molar-refractivity contribution in [2.75, 3.05) is 34.5 Å². The highest BCUT2D eigenvalue weighted by atomic mass is 32.2. The van der Waals surface area contributed by atoms with Gasteiger partial charge < -0.3 is 64.2 Å². The number of likely N-dealkylation sites (N-methyl/N-ethyl adjacent to an activating group) is 1. The highest BCUT2D eigenvalue weighted by molar-refractivity contribution is 7.91. The molecule has 0 saturated carbocycles. The standard InChI is InChI=1S/C50H81F3N2O16S/c1-14-36-50(10,63)42(60)29(6)39(57)25(2)22-49(9,67-13)44(27(4)38(28(5)45(62)70-36)35-23-48(8,66-12)43(61)30(7)69-35)71-46-41(59)34(21-26(3)68-46)55(11)20-19-37(56)54-33(24-51)40(58)31-15-17-32(18-16-31)72(64,65)47(52)53/h15-18,25-30,33-36,38,40-44,46-47,58-61,63H,14,19-24H2,1-13H3,(H,54,56)/t25-,26-,27+,28-,29+,30+,33-,34+,35?,36-,38+,40-,41-,42-,43+,44-,46+,48-,49-,50-/m1/s1. The van der Waals surface area contributed by atoms with Gasteiger partial charge in [0.1, 0.15) is 42.5 Å². The van der Waals surface area contributed by atoms with E-state index in [4.69, 9.17) is 28.4 Å². The molecule has 3 heterocycles. The van der Waals surface area contributed by atoms with Gasteiger partial charge in [0.15, 0.2) is 6.29 Å². The second kappa shape index (κ2) is 24.9. The van der Waals surface area contributed by atoms with E-state index >= 15 is 0 Å². The number of halogens is 3. The van der Waals surface area contributed by atoms with E-state index in [2.05, 4.69) is 5.32 Å². The van der Waals surface area contributed by atoms with E-state index in [-0.39, 0.29) is 44.2 Å². The zero-order chi connectivity index (χ0) is 54.6. The van der Waals surface area contributed by atoms with Gasteiger partial charge in [-0.2, -0.15) is 8.78 Å². The molecule has 1 aromatic rings. The zero-order valence-corrected chi connectivity index (χ0v) is 44.7. The maximum Gasteiger partial charge on any atom is 0.341 e. The topological polar surface area (TPSA) is 257 Å². The van der Waals surface area contributed by atoms with Crippen LogP contribution in [0, 0.1) is 29.6 Å². The number of amides is 1. The van der Waals surface area contributed by atoms with Crippen LogP contribution >= 0.6 is 0 Å². The summed E-state index contributed by atoms with van der Waals surface area (Å²) in [6, 6.07) is 1.62. The lowest BCUT2D eigenvalue weighted by atomic mass is 9.67. The second-order valence-electron chi connectivity index (χ2n) is 21.1. The van der Waals surface area contributed by atoms with E-state index in [0.717, 1.165) is 24.3 Å². The number of ether oxygens (including phenoxy) is 6. The number of ketones is 1. The molecule has 3 aliphatic rings. The van der Waals surface area contributed by atoms with Crippen molar-refractivity contribution < 1.29 is 89.9 Å². The Bertz CT molecular complexity index is 2070. The predicted octanol–water partition coefficient (Wildman–Crippen LogP) is 3.66. The number of rotatable bonds is 16. The fourth-order valence-electron chi connectivity index (χ4n) is 11.2. The maximum atomic E-state index is 14.5. The number of benzene rings is 1. The molecule has 3 saturated heterocycles. The predicted molar refractivity (Wildman–Crippen MR) is 256 cm³/mol. The molecular weight excluding hydrogens is 974 g/mol. The number of aliphatic hydroxyl groups excluding tert-OH is 4.